The van der Waals surface area contributed by atoms with Crippen molar-refractivity contribution >= 4 is 17.5 Å². The van der Waals surface area contributed by atoms with Gasteiger partial charge >= 0.3 is 0 Å². The summed E-state index contributed by atoms with van der Waals surface area (Å²) in [5, 5.41) is 10.8. The number of nitrogens with zero attached hydrogens (tertiary/aromatic N) is 3. The van der Waals surface area contributed by atoms with Gasteiger partial charge < -0.3 is 19.1 Å². The molecule has 2 amide bonds. The number of hydrogen-bond donors (Lipinski definition) is 1. The Kier molecular flexibility index (Phi) is 5.13. The summed E-state index contributed by atoms with van der Waals surface area (Å²) in [6.07, 6.45) is 1.52. The van der Waals surface area contributed by atoms with Crippen molar-refractivity contribution in [2.75, 3.05) is 19.4 Å². The van der Waals surface area contributed by atoms with Gasteiger partial charge in [0.2, 0.25) is 5.89 Å². The van der Waals surface area contributed by atoms with Gasteiger partial charge in [-0.25, -0.2) is 0 Å². The number of benzene rings is 2. The molecule has 2 heterocycles. The number of amides is 2. The molecule has 4 aromatic rings. The van der Waals surface area contributed by atoms with Gasteiger partial charge in [-0.15, -0.1) is 10.2 Å². The van der Waals surface area contributed by atoms with Gasteiger partial charge in [0.1, 0.15) is 0 Å². The first-order valence-electron chi connectivity index (χ1n) is 9.13. The van der Waals surface area contributed by atoms with Gasteiger partial charge in [-0.2, -0.15) is 0 Å². The van der Waals surface area contributed by atoms with Gasteiger partial charge in [0.25, 0.3) is 17.7 Å². The number of furan rings is 1. The van der Waals surface area contributed by atoms with Crippen LogP contribution in [0.15, 0.2) is 75.8 Å². The summed E-state index contributed by atoms with van der Waals surface area (Å²) >= 11 is 0. The van der Waals surface area contributed by atoms with Gasteiger partial charge in [0, 0.05) is 25.3 Å². The van der Waals surface area contributed by atoms with E-state index in [0.717, 1.165) is 0 Å². The molecule has 0 fully saturated rings. The Balaban J connectivity index is 1.57. The van der Waals surface area contributed by atoms with Crippen LogP contribution in [-0.4, -0.2) is 41.0 Å². The third-order valence-electron chi connectivity index (χ3n) is 4.33. The molecule has 0 aliphatic carbocycles. The minimum Gasteiger partial charge on any atom is -0.459 e. The van der Waals surface area contributed by atoms with Crippen LogP contribution in [0.2, 0.25) is 0 Å². The highest BCUT2D eigenvalue weighted by Gasteiger charge is 2.18. The zero-order valence-corrected chi connectivity index (χ0v) is 16.3. The van der Waals surface area contributed by atoms with Crippen LogP contribution in [0.4, 0.5) is 5.69 Å². The molecule has 0 saturated carbocycles. The third kappa shape index (κ3) is 3.83. The summed E-state index contributed by atoms with van der Waals surface area (Å²) in [5.74, 6) is 0.396. The van der Waals surface area contributed by atoms with E-state index in [1.807, 2.05) is 0 Å². The zero-order valence-electron chi connectivity index (χ0n) is 16.3. The lowest BCUT2D eigenvalue weighted by atomic mass is 10.1. The molecular formula is C22H18N4O4. The lowest BCUT2D eigenvalue weighted by Crippen LogP contribution is -2.25. The van der Waals surface area contributed by atoms with E-state index in [9.17, 15) is 9.59 Å². The van der Waals surface area contributed by atoms with Crippen LogP contribution in [0.25, 0.3) is 23.1 Å². The van der Waals surface area contributed by atoms with Gasteiger partial charge in [0.05, 0.1) is 17.4 Å². The molecule has 4 rings (SSSR count). The van der Waals surface area contributed by atoms with Crippen molar-refractivity contribution in [3.63, 3.8) is 0 Å². The van der Waals surface area contributed by atoms with Crippen LogP contribution < -0.4 is 5.32 Å². The Morgan fingerprint density at radius 1 is 0.900 bits per heavy atom. The first-order chi connectivity index (χ1) is 14.5. The van der Waals surface area contributed by atoms with Crippen LogP contribution in [-0.2, 0) is 0 Å². The Bertz CT molecular complexity index is 1200. The molecule has 0 radical (unpaired) electrons. The summed E-state index contributed by atoms with van der Waals surface area (Å²) in [4.78, 5) is 26.6. The second-order valence-corrected chi connectivity index (χ2v) is 6.67. The number of carbonyl (C=O) groups is 2. The predicted octanol–water partition coefficient (Wildman–Crippen LogP) is 3.95. The summed E-state index contributed by atoms with van der Waals surface area (Å²) in [7, 11) is 3.28. The average molecular weight is 402 g/mol. The van der Waals surface area contributed by atoms with Crippen LogP contribution in [0, 0.1) is 0 Å². The van der Waals surface area contributed by atoms with Gasteiger partial charge in [-0.3, -0.25) is 9.59 Å². The predicted molar refractivity (Wildman–Crippen MR) is 110 cm³/mol. The quantitative estimate of drug-likeness (QED) is 0.542. The Morgan fingerprint density at radius 3 is 2.40 bits per heavy atom. The fourth-order valence-electron chi connectivity index (χ4n) is 2.88. The SMILES string of the molecule is CN(C)C(=O)c1ccccc1C(=O)Nc1cccc(-c2nnc(-c3ccco3)o2)c1. The second kappa shape index (κ2) is 8.04. The standard InChI is InChI=1S/C22H18N4O4/c1-26(2)22(28)17-10-4-3-9-16(17)19(27)23-15-8-5-7-14(13-15)20-24-25-21(30-20)18-11-6-12-29-18/h3-13H,1-2H3,(H,23,27). The Morgan fingerprint density at radius 2 is 1.67 bits per heavy atom. The Hall–Kier alpha value is -4.20. The maximum Gasteiger partial charge on any atom is 0.283 e. The molecule has 8 heteroatoms. The lowest BCUT2D eigenvalue weighted by Gasteiger charge is -2.14. The number of aromatic nitrogens is 2. The van der Waals surface area contributed by atoms with Crippen molar-refractivity contribution in [3.05, 3.63) is 78.1 Å². The highest BCUT2D eigenvalue weighted by molar-refractivity contribution is 6.12. The Labute approximate surface area is 172 Å². The highest BCUT2D eigenvalue weighted by atomic mass is 16.4. The molecule has 0 unspecified atom stereocenters. The number of carbonyl (C=O) groups excluding carboxylic acids is 2. The van der Waals surface area contributed by atoms with E-state index in [2.05, 4.69) is 15.5 Å². The van der Waals surface area contributed by atoms with E-state index in [1.165, 1.54) is 11.2 Å². The van der Waals surface area contributed by atoms with Gasteiger partial charge in [-0.1, -0.05) is 18.2 Å². The first kappa shape index (κ1) is 19.1. The second-order valence-electron chi connectivity index (χ2n) is 6.67. The van der Waals surface area contributed by atoms with E-state index in [4.69, 9.17) is 8.83 Å². The molecule has 2 aromatic heterocycles. The van der Waals surface area contributed by atoms with Crippen LogP contribution in [0.3, 0.4) is 0 Å². The van der Waals surface area contributed by atoms with Crippen LogP contribution in [0.5, 0.6) is 0 Å². The molecule has 30 heavy (non-hydrogen) atoms. The van der Waals surface area contributed by atoms with E-state index in [0.29, 0.717) is 34.0 Å². The van der Waals surface area contributed by atoms with Crippen molar-refractivity contribution in [1.29, 1.82) is 0 Å². The van der Waals surface area contributed by atoms with Crippen molar-refractivity contribution < 1.29 is 18.4 Å². The molecule has 0 atom stereocenters. The van der Waals surface area contributed by atoms with Crippen LogP contribution >= 0.6 is 0 Å². The molecule has 2 aromatic carbocycles. The topological polar surface area (TPSA) is 101 Å². The number of anilines is 1. The highest BCUT2D eigenvalue weighted by Crippen LogP contribution is 2.26. The van der Waals surface area contributed by atoms with Crippen molar-refractivity contribution in [2.24, 2.45) is 0 Å². The number of rotatable bonds is 5. The maximum absolute atomic E-state index is 12.8. The monoisotopic (exact) mass is 402 g/mol. The van der Waals surface area contributed by atoms with E-state index < -0.39 is 0 Å². The molecule has 0 aliphatic rings. The largest absolute Gasteiger partial charge is 0.459 e. The molecule has 0 aliphatic heterocycles. The average Bonchev–Trinajstić information content (AvgIpc) is 3.45. The van der Waals surface area contributed by atoms with Crippen LogP contribution in [0.1, 0.15) is 20.7 Å². The molecule has 1 N–H and O–H groups in total. The molecule has 8 nitrogen and oxygen atoms in total. The van der Waals surface area contributed by atoms with E-state index in [1.54, 1.807) is 74.8 Å². The maximum atomic E-state index is 12.8. The number of hydrogen-bond acceptors (Lipinski definition) is 6. The fourth-order valence-corrected chi connectivity index (χ4v) is 2.88. The lowest BCUT2D eigenvalue weighted by molar-refractivity contribution is 0.0821. The normalized spacial score (nSPS) is 10.6. The molecule has 0 saturated heterocycles. The summed E-state index contributed by atoms with van der Waals surface area (Å²) < 4.78 is 10.9. The summed E-state index contributed by atoms with van der Waals surface area (Å²) in [5.41, 5.74) is 1.79. The fraction of sp³-hybridized carbons (Fsp3) is 0.0909. The zero-order chi connectivity index (χ0) is 21.1. The summed E-state index contributed by atoms with van der Waals surface area (Å²) in [6, 6.07) is 17.1. The van der Waals surface area contributed by atoms with Crippen molar-refractivity contribution in [2.45, 2.75) is 0 Å². The van der Waals surface area contributed by atoms with Gasteiger partial charge in [0.15, 0.2) is 5.76 Å². The summed E-state index contributed by atoms with van der Waals surface area (Å²) in [6.45, 7) is 0. The molecule has 150 valence electrons. The van der Waals surface area contributed by atoms with Crippen molar-refractivity contribution in [1.82, 2.24) is 15.1 Å². The first-order valence-corrected chi connectivity index (χ1v) is 9.13. The smallest absolute Gasteiger partial charge is 0.283 e. The molecular weight excluding hydrogens is 384 g/mol. The minimum atomic E-state index is -0.389. The van der Waals surface area contributed by atoms with E-state index in [-0.39, 0.29) is 17.7 Å². The minimum absolute atomic E-state index is 0.245. The van der Waals surface area contributed by atoms with E-state index >= 15 is 0 Å². The molecule has 0 spiro atoms. The third-order valence-corrected chi connectivity index (χ3v) is 4.33. The van der Waals surface area contributed by atoms with Gasteiger partial charge in [-0.05, 0) is 42.5 Å². The number of nitrogens with one attached hydrogen (secondary N) is 1. The van der Waals surface area contributed by atoms with Crippen molar-refractivity contribution in [3.8, 4) is 23.1 Å². The molecule has 0 bridgehead atoms.